The van der Waals surface area contributed by atoms with Crippen LogP contribution in [-0.4, -0.2) is 15.7 Å². The third kappa shape index (κ3) is 2.59. The van der Waals surface area contributed by atoms with E-state index in [-0.39, 0.29) is 17.2 Å². The highest BCUT2D eigenvalue weighted by Gasteiger charge is 2.12. The van der Waals surface area contributed by atoms with Crippen LogP contribution in [0.3, 0.4) is 0 Å². The van der Waals surface area contributed by atoms with Gasteiger partial charge in [-0.3, -0.25) is 4.79 Å². The molecule has 1 unspecified atom stereocenters. The van der Waals surface area contributed by atoms with Crippen LogP contribution in [-0.2, 0) is 6.61 Å². The molecule has 1 aromatic carbocycles. The molecule has 4 heteroatoms. The monoisotopic (exact) mass is 274 g/mol. The van der Waals surface area contributed by atoms with Gasteiger partial charge in [-0.05, 0) is 18.6 Å². The average Bonchev–Trinajstić information content (AvgIpc) is 2.16. The number of alkyl halides is 1. The van der Waals surface area contributed by atoms with E-state index in [1.807, 2.05) is 0 Å². The van der Waals surface area contributed by atoms with Crippen molar-refractivity contribution in [3.63, 3.8) is 0 Å². The second kappa shape index (κ2) is 4.96. The first-order valence-corrected chi connectivity index (χ1v) is 5.53. The maximum atomic E-state index is 11.6. The van der Waals surface area contributed by atoms with Crippen molar-refractivity contribution in [1.82, 2.24) is 0 Å². The van der Waals surface area contributed by atoms with E-state index in [4.69, 9.17) is 5.11 Å². The molecule has 1 N–H and O–H groups in total. The Bertz CT molecular complexity index is 350. The minimum atomic E-state index is -0.199. The first-order chi connectivity index (χ1) is 6.56. The molecule has 2 nitrogen and oxygen atoms in total. The lowest BCUT2D eigenvalue weighted by Crippen LogP contribution is -2.10. The number of hydrogen-bond donors (Lipinski definition) is 2. The van der Waals surface area contributed by atoms with Gasteiger partial charge in [-0.1, -0.05) is 28.1 Å². The van der Waals surface area contributed by atoms with Gasteiger partial charge in [-0.25, -0.2) is 0 Å². The molecule has 1 atom stereocenters. The first-order valence-electron chi connectivity index (χ1n) is 4.17. The molecule has 0 aliphatic heterocycles. The van der Waals surface area contributed by atoms with Gasteiger partial charge in [0, 0.05) is 10.5 Å². The predicted octanol–water partition coefficient (Wildman–Crippen LogP) is 2.43. The van der Waals surface area contributed by atoms with E-state index >= 15 is 0 Å². The molecular formula is C10H11BrO2S. The Balaban J connectivity index is 3.03. The summed E-state index contributed by atoms with van der Waals surface area (Å²) in [6.07, 6.45) is 0. The summed E-state index contributed by atoms with van der Waals surface area (Å²) in [5.41, 5.74) is 1.34. The second-order valence-electron chi connectivity index (χ2n) is 2.98. The average molecular weight is 275 g/mol. The van der Waals surface area contributed by atoms with Crippen molar-refractivity contribution in [3.05, 3.63) is 29.3 Å². The largest absolute Gasteiger partial charge is 0.392 e. The van der Waals surface area contributed by atoms with Crippen molar-refractivity contribution in [2.75, 3.05) is 0 Å². The lowest BCUT2D eigenvalue weighted by Gasteiger charge is -2.06. The second-order valence-corrected chi connectivity index (χ2v) is 4.84. The number of ketones is 1. The van der Waals surface area contributed by atoms with Crippen molar-refractivity contribution in [1.29, 1.82) is 0 Å². The number of rotatable bonds is 3. The minimum Gasteiger partial charge on any atom is -0.392 e. The van der Waals surface area contributed by atoms with Crippen LogP contribution in [0.4, 0.5) is 0 Å². The molecule has 0 aliphatic carbocycles. The molecule has 0 amide bonds. The SMILES string of the molecule is CC(Br)C(=O)c1ccc(CO)c(S)c1. The molecule has 0 saturated heterocycles. The lowest BCUT2D eigenvalue weighted by molar-refractivity contribution is 0.0995. The number of Topliss-reactive ketones (excluding diaryl/α,β-unsaturated/α-hetero) is 1. The lowest BCUT2D eigenvalue weighted by atomic mass is 10.1. The Kier molecular flexibility index (Phi) is 4.16. The third-order valence-corrected chi connectivity index (χ3v) is 2.73. The molecule has 0 radical (unpaired) electrons. The Morgan fingerprint density at radius 1 is 1.64 bits per heavy atom. The van der Waals surface area contributed by atoms with Gasteiger partial charge >= 0.3 is 0 Å². The molecule has 1 rings (SSSR count). The smallest absolute Gasteiger partial charge is 0.176 e. The Morgan fingerprint density at radius 3 is 2.71 bits per heavy atom. The van der Waals surface area contributed by atoms with Crippen molar-refractivity contribution in [3.8, 4) is 0 Å². The van der Waals surface area contributed by atoms with Crippen molar-refractivity contribution >= 4 is 34.3 Å². The summed E-state index contributed by atoms with van der Waals surface area (Å²) in [4.78, 5) is 12.0. The highest BCUT2D eigenvalue weighted by atomic mass is 79.9. The van der Waals surface area contributed by atoms with Gasteiger partial charge in [0.1, 0.15) is 0 Å². The molecule has 0 bridgehead atoms. The summed E-state index contributed by atoms with van der Waals surface area (Å²) in [5, 5.41) is 8.91. The Morgan fingerprint density at radius 2 is 2.29 bits per heavy atom. The number of carbonyl (C=O) groups excluding carboxylic acids is 1. The number of carbonyl (C=O) groups is 1. The first kappa shape index (κ1) is 11.8. The number of halogens is 1. The quantitative estimate of drug-likeness (QED) is 0.505. The predicted molar refractivity (Wildman–Crippen MR) is 62.3 cm³/mol. The standard InChI is InChI=1S/C10H11BrO2S/c1-6(11)10(13)7-2-3-8(5-12)9(14)4-7/h2-4,6,12,14H,5H2,1H3. The Labute approximate surface area is 96.9 Å². The van der Waals surface area contributed by atoms with Crippen LogP contribution < -0.4 is 0 Å². The highest BCUT2D eigenvalue weighted by molar-refractivity contribution is 9.10. The summed E-state index contributed by atoms with van der Waals surface area (Å²) in [6, 6.07) is 5.09. The molecule has 0 spiro atoms. The van der Waals surface area contributed by atoms with E-state index in [0.717, 1.165) is 5.56 Å². The number of aliphatic hydroxyl groups excluding tert-OH is 1. The van der Waals surface area contributed by atoms with E-state index in [1.165, 1.54) is 0 Å². The molecule has 0 saturated carbocycles. The number of benzene rings is 1. The minimum absolute atomic E-state index is 0.0183. The maximum absolute atomic E-state index is 11.6. The van der Waals surface area contributed by atoms with E-state index in [9.17, 15) is 4.79 Å². The molecular weight excluding hydrogens is 264 g/mol. The molecule has 76 valence electrons. The van der Waals surface area contributed by atoms with E-state index in [1.54, 1.807) is 25.1 Å². The van der Waals surface area contributed by atoms with E-state index < -0.39 is 0 Å². The van der Waals surface area contributed by atoms with Crippen LogP contribution in [0, 0.1) is 0 Å². The van der Waals surface area contributed by atoms with Crippen LogP contribution in [0.2, 0.25) is 0 Å². The maximum Gasteiger partial charge on any atom is 0.176 e. The van der Waals surface area contributed by atoms with Crippen LogP contribution >= 0.6 is 28.6 Å². The topological polar surface area (TPSA) is 37.3 Å². The van der Waals surface area contributed by atoms with E-state index in [0.29, 0.717) is 10.5 Å². The third-order valence-electron chi connectivity index (χ3n) is 1.90. The highest BCUT2D eigenvalue weighted by Crippen LogP contribution is 2.18. The fourth-order valence-electron chi connectivity index (χ4n) is 1.08. The fraction of sp³-hybridized carbons (Fsp3) is 0.300. The van der Waals surface area contributed by atoms with Crippen LogP contribution in [0.15, 0.2) is 23.1 Å². The normalized spacial score (nSPS) is 12.6. The molecule has 0 fully saturated rings. The zero-order valence-electron chi connectivity index (χ0n) is 7.70. The zero-order valence-corrected chi connectivity index (χ0v) is 10.2. The van der Waals surface area contributed by atoms with Gasteiger partial charge in [0.2, 0.25) is 0 Å². The summed E-state index contributed by atoms with van der Waals surface area (Å²) < 4.78 is 0. The summed E-state index contributed by atoms with van der Waals surface area (Å²) >= 11 is 7.40. The number of aliphatic hydroxyl groups is 1. The van der Waals surface area contributed by atoms with Gasteiger partial charge in [-0.2, -0.15) is 0 Å². The van der Waals surface area contributed by atoms with Gasteiger partial charge in [0.05, 0.1) is 11.4 Å². The Hall–Kier alpha value is -0.320. The summed E-state index contributed by atoms with van der Waals surface area (Å²) in [7, 11) is 0. The summed E-state index contributed by atoms with van der Waals surface area (Å²) in [6.45, 7) is 1.72. The van der Waals surface area contributed by atoms with Crippen molar-refractivity contribution in [2.24, 2.45) is 0 Å². The fourth-order valence-corrected chi connectivity index (χ4v) is 1.63. The van der Waals surface area contributed by atoms with Gasteiger partial charge in [-0.15, -0.1) is 12.6 Å². The number of thiol groups is 1. The van der Waals surface area contributed by atoms with Crippen LogP contribution in [0.5, 0.6) is 0 Å². The van der Waals surface area contributed by atoms with Gasteiger partial charge in [0.15, 0.2) is 5.78 Å². The van der Waals surface area contributed by atoms with Crippen molar-refractivity contribution < 1.29 is 9.90 Å². The molecule has 0 aliphatic rings. The number of hydrogen-bond acceptors (Lipinski definition) is 3. The molecule has 14 heavy (non-hydrogen) atoms. The van der Waals surface area contributed by atoms with E-state index in [2.05, 4.69) is 28.6 Å². The van der Waals surface area contributed by atoms with Crippen LogP contribution in [0.1, 0.15) is 22.8 Å². The van der Waals surface area contributed by atoms with Crippen molar-refractivity contribution in [2.45, 2.75) is 23.3 Å². The molecule has 0 aromatic heterocycles. The van der Waals surface area contributed by atoms with Crippen LogP contribution in [0.25, 0.3) is 0 Å². The van der Waals surface area contributed by atoms with Gasteiger partial charge < -0.3 is 5.11 Å². The summed E-state index contributed by atoms with van der Waals surface area (Å²) in [5.74, 6) is 0.0183. The molecule has 0 heterocycles. The zero-order chi connectivity index (χ0) is 10.7. The molecule has 1 aromatic rings. The van der Waals surface area contributed by atoms with Gasteiger partial charge in [0.25, 0.3) is 0 Å².